The molecule has 0 radical (unpaired) electrons. The number of ether oxygens (including phenoxy) is 1. The second-order valence-electron chi connectivity index (χ2n) is 3.61. The van der Waals surface area contributed by atoms with Crippen LogP contribution in [0.4, 0.5) is 0 Å². The predicted octanol–water partition coefficient (Wildman–Crippen LogP) is 2.44. The molecule has 0 saturated carbocycles. The summed E-state index contributed by atoms with van der Waals surface area (Å²) in [6.45, 7) is 7.74. The van der Waals surface area contributed by atoms with Gasteiger partial charge in [0.05, 0.1) is 18.3 Å². The van der Waals surface area contributed by atoms with Crippen LogP contribution in [-0.2, 0) is 9.53 Å². The van der Waals surface area contributed by atoms with E-state index in [0.29, 0.717) is 13.0 Å². The second kappa shape index (κ2) is 8.48. The van der Waals surface area contributed by atoms with Crippen LogP contribution in [0.25, 0.3) is 0 Å². The van der Waals surface area contributed by atoms with Crippen molar-refractivity contribution in [1.29, 1.82) is 0 Å². The molecule has 1 N–H and O–H groups in total. The molecular formula is C12H22O3. The molecule has 1 atom stereocenters. The number of rotatable bonds is 8. The van der Waals surface area contributed by atoms with Gasteiger partial charge >= 0.3 is 5.97 Å². The molecule has 0 aromatic carbocycles. The Hall–Kier alpha value is -0.830. The van der Waals surface area contributed by atoms with Crippen molar-refractivity contribution < 1.29 is 14.6 Å². The summed E-state index contributed by atoms with van der Waals surface area (Å²) >= 11 is 0. The molecule has 15 heavy (non-hydrogen) atoms. The van der Waals surface area contributed by atoms with Gasteiger partial charge in [0.15, 0.2) is 0 Å². The minimum atomic E-state index is -0.749. The van der Waals surface area contributed by atoms with Crippen LogP contribution in [0.3, 0.4) is 0 Å². The fourth-order valence-electron chi connectivity index (χ4n) is 1.30. The van der Waals surface area contributed by atoms with E-state index in [1.54, 1.807) is 6.92 Å². The van der Waals surface area contributed by atoms with Crippen LogP contribution < -0.4 is 0 Å². The molecule has 0 bridgehead atoms. The molecule has 1 unspecified atom stereocenters. The molecule has 0 aliphatic heterocycles. The lowest BCUT2D eigenvalue weighted by Gasteiger charge is -2.12. The first kappa shape index (κ1) is 14.2. The zero-order valence-electron chi connectivity index (χ0n) is 9.79. The Kier molecular flexibility index (Phi) is 8.01. The van der Waals surface area contributed by atoms with Crippen LogP contribution >= 0.6 is 0 Å². The van der Waals surface area contributed by atoms with Crippen LogP contribution in [0.2, 0.25) is 0 Å². The molecule has 0 amide bonds. The maximum Gasteiger partial charge on any atom is 0.336 e. The number of carbonyl (C=O) groups excluding carboxylic acids is 1. The van der Waals surface area contributed by atoms with Crippen LogP contribution in [-0.4, -0.2) is 23.8 Å². The van der Waals surface area contributed by atoms with Gasteiger partial charge in [-0.25, -0.2) is 4.79 Å². The molecular weight excluding hydrogens is 192 g/mol. The molecule has 3 heteroatoms. The third-order valence-electron chi connectivity index (χ3n) is 2.27. The van der Waals surface area contributed by atoms with Gasteiger partial charge in [-0.05, 0) is 13.3 Å². The summed E-state index contributed by atoms with van der Waals surface area (Å²) in [5.74, 6) is -0.486. The lowest BCUT2D eigenvalue weighted by atomic mass is 10.0. The zero-order chi connectivity index (χ0) is 11.7. The first-order chi connectivity index (χ1) is 7.13. The number of hydrogen-bond acceptors (Lipinski definition) is 3. The molecule has 0 heterocycles. The number of aliphatic hydroxyl groups is 1. The zero-order valence-corrected chi connectivity index (χ0v) is 9.79. The van der Waals surface area contributed by atoms with Gasteiger partial charge in [0, 0.05) is 0 Å². The third-order valence-corrected chi connectivity index (χ3v) is 2.27. The quantitative estimate of drug-likeness (QED) is 0.383. The van der Waals surface area contributed by atoms with Crippen molar-refractivity contribution in [1.82, 2.24) is 0 Å². The van der Waals surface area contributed by atoms with Crippen molar-refractivity contribution in [2.45, 2.75) is 52.1 Å². The maximum atomic E-state index is 11.2. The van der Waals surface area contributed by atoms with Gasteiger partial charge in [-0.1, -0.05) is 39.2 Å². The van der Waals surface area contributed by atoms with Gasteiger partial charge in [-0.3, -0.25) is 0 Å². The molecule has 0 spiro atoms. The van der Waals surface area contributed by atoms with Crippen LogP contribution in [0, 0.1) is 0 Å². The van der Waals surface area contributed by atoms with Gasteiger partial charge in [0.2, 0.25) is 0 Å². The van der Waals surface area contributed by atoms with E-state index in [0.717, 1.165) is 19.3 Å². The van der Waals surface area contributed by atoms with Gasteiger partial charge in [0.25, 0.3) is 0 Å². The first-order valence-corrected chi connectivity index (χ1v) is 5.67. The SMILES string of the molecule is C=C(C(=O)OCC)C(O)CCCCCC. The Morgan fingerprint density at radius 2 is 2.00 bits per heavy atom. The fraction of sp³-hybridized carbons (Fsp3) is 0.750. The molecule has 0 aromatic heterocycles. The molecule has 0 aromatic rings. The highest BCUT2D eigenvalue weighted by atomic mass is 16.5. The Balaban J connectivity index is 3.73. The van der Waals surface area contributed by atoms with Gasteiger partial charge in [0.1, 0.15) is 0 Å². The molecule has 0 fully saturated rings. The summed E-state index contributed by atoms with van der Waals surface area (Å²) in [6.07, 6.45) is 4.18. The van der Waals surface area contributed by atoms with Crippen LogP contribution in [0.1, 0.15) is 46.0 Å². The number of esters is 1. The smallest absolute Gasteiger partial charge is 0.336 e. The summed E-state index contributed by atoms with van der Waals surface area (Å²) < 4.78 is 4.75. The van der Waals surface area contributed by atoms with Crippen LogP contribution in [0.15, 0.2) is 12.2 Å². The molecule has 88 valence electrons. The number of aliphatic hydroxyl groups excluding tert-OH is 1. The van der Waals surface area contributed by atoms with E-state index in [4.69, 9.17) is 4.74 Å². The Labute approximate surface area is 92.1 Å². The highest BCUT2D eigenvalue weighted by molar-refractivity contribution is 5.88. The average molecular weight is 214 g/mol. The van der Waals surface area contributed by atoms with E-state index >= 15 is 0 Å². The minimum Gasteiger partial charge on any atom is -0.463 e. The summed E-state index contributed by atoms with van der Waals surface area (Å²) in [5, 5.41) is 9.61. The normalized spacial score (nSPS) is 12.2. The molecule has 0 rings (SSSR count). The highest BCUT2D eigenvalue weighted by Gasteiger charge is 2.16. The monoisotopic (exact) mass is 214 g/mol. The standard InChI is InChI=1S/C12H22O3/c1-4-6-7-8-9-11(13)10(3)12(14)15-5-2/h11,13H,3-9H2,1-2H3. The van der Waals surface area contributed by atoms with Crippen molar-refractivity contribution in [3.8, 4) is 0 Å². The Morgan fingerprint density at radius 1 is 1.33 bits per heavy atom. The molecule has 0 saturated heterocycles. The Bertz CT molecular complexity index is 199. The molecule has 0 aliphatic carbocycles. The van der Waals surface area contributed by atoms with Crippen molar-refractivity contribution in [2.24, 2.45) is 0 Å². The summed E-state index contributed by atoms with van der Waals surface area (Å²) in [5.41, 5.74) is 0.174. The van der Waals surface area contributed by atoms with Crippen molar-refractivity contribution in [3.63, 3.8) is 0 Å². The topological polar surface area (TPSA) is 46.5 Å². The maximum absolute atomic E-state index is 11.2. The van der Waals surface area contributed by atoms with Gasteiger partial charge in [-0.2, -0.15) is 0 Å². The van der Waals surface area contributed by atoms with E-state index in [2.05, 4.69) is 13.5 Å². The lowest BCUT2D eigenvalue weighted by molar-refractivity contribution is -0.139. The lowest BCUT2D eigenvalue weighted by Crippen LogP contribution is -2.19. The summed E-state index contributed by atoms with van der Waals surface area (Å²) in [4.78, 5) is 11.2. The van der Waals surface area contributed by atoms with E-state index in [1.165, 1.54) is 6.42 Å². The average Bonchev–Trinajstić information content (AvgIpc) is 2.23. The first-order valence-electron chi connectivity index (χ1n) is 5.67. The predicted molar refractivity (Wildman–Crippen MR) is 60.5 cm³/mol. The van der Waals surface area contributed by atoms with E-state index in [1.807, 2.05) is 0 Å². The minimum absolute atomic E-state index is 0.174. The van der Waals surface area contributed by atoms with Crippen LogP contribution in [0.5, 0.6) is 0 Å². The molecule has 3 nitrogen and oxygen atoms in total. The number of carbonyl (C=O) groups is 1. The number of unbranched alkanes of at least 4 members (excludes halogenated alkanes) is 3. The van der Waals surface area contributed by atoms with Crippen molar-refractivity contribution >= 4 is 5.97 Å². The number of hydrogen-bond donors (Lipinski definition) is 1. The fourth-order valence-corrected chi connectivity index (χ4v) is 1.30. The van der Waals surface area contributed by atoms with E-state index in [-0.39, 0.29) is 5.57 Å². The van der Waals surface area contributed by atoms with E-state index in [9.17, 15) is 9.90 Å². The van der Waals surface area contributed by atoms with Gasteiger partial charge < -0.3 is 9.84 Å². The third kappa shape index (κ3) is 6.28. The second-order valence-corrected chi connectivity index (χ2v) is 3.61. The largest absolute Gasteiger partial charge is 0.463 e. The van der Waals surface area contributed by atoms with Crippen molar-refractivity contribution in [3.05, 3.63) is 12.2 Å². The molecule has 0 aliphatic rings. The van der Waals surface area contributed by atoms with Gasteiger partial charge in [-0.15, -0.1) is 0 Å². The summed E-state index contributed by atoms with van der Waals surface area (Å²) in [7, 11) is 0. The Morgan fingerprint density at radius 3 is 2.53 bits per heavy atom. The van der Waals surface area contributed by atoms with Crippen molar-refractivity contribution in [2.75, 3.05) is 6.61 Å². The summed E-state index contributed by atoms with van der Waals surface area (Å²) in [6, 6.07) is 0. The van der Waals surface area contributed by atoms with E-state index < -0.39 is 12.1 Å². The highest BCUT2D eigenvalue weighted by Crippen LogP contribution is 2.11.